The molecule has 6 rings (SSSR count). The number of hydrogen-bond donors (Lipinski definition) is 0. The number of nitrogens with zero attached hydrogens (tertiary/aromatic N) is 2. The fraction of sp³-hybridized carbons (Fsp3) is 0.148. The lowest BCUT2D eigenvalue weighted by molar-refractivity contribution is -0.123. The molecule has 174 valence electrons. The zero-order valence-corrected chi connectivity index (χ0v) is 19.6. The Labute approximate surface area is 210 Å². The number of carbonyl (C=O) groups excluding carboxylic acids is 3. The molecular weight excluding hydrogens is 490 g/mol. The number of fused-ring (bicyclic) bond motifs is 5. The predicted molar refractivity (Wildman–Crippen MR) is 131 cm³/mol. The van der Waals surface area contributed by atoms with Gasteiger partial charge in [0, 0.05) is 16.8 Å². The average molecular weight is 507 g/mol. The van der Waals surface area contributed by atoms with Gasteiger partial charge in [-0.05, 0) is 47.5 Å². The Bertz CT molecular complexity index is 1460. The Balaban J connectivity index is 1.52. The summed E-state index contributed by atoms with van der Waals surface area (Å²) in [6.07, 6.45) is 3.62. The zero-order chi connectivity index (χ0) is 24.4. The molecule has 0 N–H and O–H groups in total. The number of hydrogen-bond acceptors (Lipinski definition) is 4. The highest BCUT2D eigenvalue weighted by Crippen LogP contribution is 2.54. The third-order valence-electron chi connectivity index (χ3n) is 7.02. The Morgan fingerprint density at radius 3 is 2.37 bits per heavy atom. The van der Waals surface area contributed by atoms with E-state index < -0.39 is 47.3 Å². The molecule has 2 saturated heterocycles. The van der Waals surface area contributed by atoms with Crippen molar-refractivity contribution >= 4 is 52.6 Å². The summed E-state index contributed by atoms with van der Waals surface area (Å²) in [6.45, 7) is 0. The highest BCUT2D eigenvalue weighted by molar-refractivity contribution is 6.37. The zero-order valence-electron chi connectivity index (χ0n) is 18.1. The van der Waals surface area contributed by atoms with Crippen LogP contribution in [0.15, 0.2) is 72.9 Å². The molecule has 0 spiro atoms. The number of rotatable bonds is 3. The SMILES string of the molecule is O=C(c1ccc(Cl)cc1Cl)[C@@H]1[C@@H]2C(=O)N(c3ccccc3F)C(=O)[C@H]2[C@@H]2c3ccccc3C=CN12. The van der Waals surface area contributed by atoms with Crippen molar-refractivity contribution in [1.29, 1.82) is 0 Å². The van der Waals surface area contributed by atoms with Crippen molar-refractivity contribution in [2.24, 2.45) is 11.8 Å². The van der Waals surface area contributed by atoms with Gasteiger partial charge in [0.15, 0.2) is 5.78 Å². The van der Waals surface area contributed by atoms with Crippen LogP contribution in [0, 0.1) is 17.7 Å². The maximum absolute atomic E-state index is 14.7. The molecule has 8 heteroatoms. The Kier molecular flexibility index (Phi) is 5.06. The highest BCUT2D eigenvalue weighted by atomic mass is 35.5. The number of halogens is 3. The van der Waals surface area contributed by atoms with E-state index in [-0.39, 0.29) is 16.3 Å². The Hall–Kier alpha value is -3.48. The van der Waals surface area contributed by atoms with E-state index in [0.717, 1.165) is 16.0 Å². The van der Waals surface area contributed by atoms with Crippen LogP contribution in [0.2, 0.25) is 10.0 Å². The van der Waals surface area contributed by atoms with E-state index in [1.54, 1.807) is 23.2 Å². The molecule has 35 heavy (non-hydrogen) atoms. The van der Waals surface area contributed by atoms with E-state index >= 15 is 0 Å². The maximum Gasteiger partial charge on any atom is 0.240 e. The summed E-state index contributed by atoms with van der Waals surface area (Å²) in [5, 5.41) is 0.532. The molecule has 0 unspecified atom stereocenters. The molecule has 0 saturated carbocycles. The molecule has 4 atom stereocenters. The highest BCUT2D eigenvalue weighted by Gasteiger charge is 2.64. The molecular formula is C27H17Cl2FN2O3. The summed E-state index contributed by atoms with van der Waals surface area (Å²) in [5.74, 6) is -4.09. The van der Waals surface area contributed by atoms with Crippen LogP contribution in [0.25, 0.3) is 6.08 Å². The monoisotopic (exact) mass is 506 g/mol. The molecule has 3 aliphatic rings. The van der Waals surface area contributed by atoms with Crippen LogP contribution in [0.5, 0.6) is 0 Å². The number of anilines is 1. The number of ketones is 1. The van der Waals surface area contributed by atoms with E-state index in [4.69, 9.17) is 23.2 Å². The third kappa shape index (κ3) is 3.17. The maximum atomic E-state index is 14.7. The van der Waals surface area contributed by atoms with Crippen LogP contribution in [-0.4, -0.2) is 28.5 Å². The largest absolute Gasteiger partial charge is 0.358 e. The van der Waals surface area contributed by atoms with Crippen molar-refractivity contribution in [3.8, 4) is 0 Å². The van der Waals surface area contributed by atoms with Gasteiger partial charge in [0.1, 0.15) is 11.9 Å². The van der Waals surface area contributed by atoms with Crippen molar-refractivity contribution in [3.05, 3.63) is 105 Å². The second-order valence-corrected chi connectivity index (χ2v) is 9.63. The molecule has 3 heterocycles. The van der Waals surface area contributed by atoms with E-state index in [1.807, 2.05) is 30.3 Å². The quantitative estimate of drug-likeness (QED) is 0.346. The van der Waals surface area contributed by atoms with Gasteiger partial charge in [-0.1, -0.05) is 59.6 Å². The lowest BCUT2D eigenvalue weighted by Gasteiger charge is -2.35. The number of carbonyl (C=O) groups is 3. The second kappa shape index (κ2) is 8.04. The number of amides is 2. The molecule has 0 aliphatic carbocycles. The summed E-state index contributed by atoms with van der Waals surface area (Å²) in [4.78, 5) is 44.1. The van der Waals surface area contributed by atoms with Gasteiger partial charge in [-0.3, -0.25) is 14.4 Å². The smallest absolute Gasteiger partial charge is 0.240 e. The fourth-order valence-electron chi connectivity index (χ4n) is 5.58. The van der Waals surface area contributed by atoms with Gasteiger partial charge >= 0.3 is 0 Å². The minimum absolute atomic E-state index is 0.112. The first-order valence-corrected chi connectivity index (χ1v) is 11.8. The molecule has 5 nitrogen and oxygen atoms in total. The lowest BCUT2D eigenvalue weighted by Crippen LogP contribution is -2.44. The van der Waals surface area contributed by atoms with Gasteiger partial charge in [-0.15, -0.1) is 0 Å². The van der Waals surface area contributed by atoms with Gasteiger partial charge < -0.3 is 4.90 Å². The first-order valence-electron chi connectivity index (χ1n) is 11.0. The summed E-state index contributed by atoms with van der Waals surface area (Å²) in [7, 11) is 0. The first-order chi connectivity index (χ1) is 16.9. The molecule has 2 amide bonds. The molecule has 0 radical (unpaired) electrons. The number of para-hydroxylation sites is 1. The summed E-state index contributed by atoms with van der Waals surface area (Å²) in [5.41, 5.74) is 1.82. The molecule has 3 aromatic carbocycles. The minimum Gasteiger partial charge on any atom is -0.358 e. The van der Waals surface area contributed by atoms with Crippen LogP contribution in [0.4, 0.5) is 10.1 Å². The molecule has 3 aliphatic heterocycles. The summed E-state index contributed by atoms with van der Waals surface area (Å²) >= 11 is 12.4. The Morgan fingerprint density at radius 1 is 0.886 bits per heavy atom. The summed E-state index contributed by atoms with van der Waals surface area (Å²) < 4.78 is 14.7. The van der Waals surface area contributed by atoms with Gasteiger partial charge in [0.05, 0.1) is 28.6 Å². The average Bonchev–Trinajstić information content (AvgIpc) is 3.32. The van der Waals surface area contributed by atoms with E-state index in [2.05, 4.69) is 0 Å². The van der Waals surface area contributed by atoms with Gasteiger partial charge in [0.25, 0.3) is 0 Å². The molecule has 3 aromatic rings. The number of Topliss-reactive ketones (excluding diaryl/α,β-unsaturated/α-hetero) is 1. The molecule has 0 bridgehead atoms. The van der Waals surface area contributed by atoms with Crippen LogP contribution in [0.1, 0.15) is 27.5 Å². The van der Waals surface area contributed by atoms with Crippen molar-refractivity contribution in [3.63, 3.8) is 0 Å². The normalized spacial score (nSPS) is 24.4. The topological polar surface area (TPSA) is 57.7 Å². The Morgan fingerprint density at radius 2 is 1.60 bits per heavy atom. The van der Waals surface area contributed by atoms with Crippen LogP contribution < -0.4 is 4.90 Å². The summed E-state index contributed by atoms with van der Waals surface area (Å²) in [6, 6.07) is 16.2. The van der Waals surface area contributed by atoms with Gasteiger partial charge in [-0.2, -0.15) is 0 Å². The van der Waals surface area contributed by atoms with Crippen LogP contribution in [-0.2, 0) is 9.59 Å². The van der Waals surface area contributed by atoms with E-state index in [0.29, 0.717) is 5.02 Å². The lowest BCUT2D eigenvalue weighted by atomic mass is 9.83. The second-order valence-electron chi connectivity index (χ2n) is 8.78. The number of imide groups is 1. The fourth-order valence-corrected chi connectivity index (χ4v) is 6.08. The minimum atomic E-state index is -1.01. The van der Waals surface area contributed by atoms with Gasteiger partial charge in [0.2, 0.25) is 11.8 Å². The van der Waals surface area contributed by atoms with Crippen LogP contribution >= 0.6 is 23.2 Å². The first kappa shape index (κ1) is 22.0. The van der Waals surface area contributed by atoms with E-state index in [9.17, 15) is 18.8 Å². The number of benzene rings is 3. The standard InChI is InChI=1S/C27H17Cl2FN2O3/c28-15-9-10-17(18(29)13-15)25(33)24-22-21(23-16-6-2-1-5-14(16)11-12-31(23)24)26(34)32(27(22)35)20-8-4-3-7-19(20)30/h1-13,21-24H/t21-,22-,23+,24+/m1/s1. The molecule has 2 fully saturated rings. The van der Waals surface area contributed by atoms with Gasteiger partial charge in [-0.25, -0.2) is 9.29 Å². The molecule has 0 aromatic heterocycles. The predicted octanol–water partition coefficient (Wildman–Crippen LogP) is 5.53. The third-order valence-corrected chi connectivity index (χ3v) is 7.57. The van der Waals surface area contributed by atoms with Crippen molar-refractivity contribution < 1.29 is 18.8 Å². The van der Waals surface area contributed by atoms with Crippen molar-refractivity contribution in [2.45, 2.75) is 12.1 Å². The van der Waals surface area contributed by atoms with Crippen molar-refractivity contribution in [2.75, 3.05) is 4.90 Å². The van der Waals surface area contributed by atoms with Crippen molar-refractivity contribution in [1.82, 2.24) is 4.90 Å². The van der Waals surface area contributed by atoms with Crippen LogP contribution in [0.3, 0.4) is 0 Å². The van der Waals surface area contributed by atoms with E-state index in [1.165, 1.54) is 30.3 Å².